The largest absolute Gasteiger partial charge is 0.391 e. The minimum Gasteiger partial charge on any atom is -0.391 e. The summed E-state index contributed by atoms with van der Waals surface area (Å²) in [5.41, 5.74) is -0.203. The summed E-state index contributed by atoms with van der Waals surface area (Å²) >= 11 is 0.896. The average Bonchev–Trinajstić information content (AvgIpc) is 3.46. The first-order valence-corrected chi connectivity index (χ1v) is 12.4. The third-order valence-electron chi connectivity index (χ3n) is 6.36. The van der Waals surface area contributed by atoms with Gasteiger partial charge in [-0.25, -0.2) is 18.7 Å². The molecule has 0 unspecified atom stereocenters. The van der Waals surface area contributed by atoms with E-state index >= 15 is 0 Å². The number of likely N-dealkylation sites (tertiary alicyclic amines) is 1. The van der Waals surface area contributed by atoms with E-state index in [1.54, 1.807) is 4.90 Å². The summed E-state index contributed by atoms with van der Waals surface area (Å²) in [7, 11) is 0. The van der Waals surface area contributed by atoms with Crippen LogP contribution in [0.15, 0.2) is 12.3 Å². The smallest absolute Gasteiger partial charge is 0.280 e. The van der Waals surface area contributed by atoms with Crippen molar-refractivity contribution >= 4 is 29.0 Å². The maximum absolute atomic E-state index is 14.1. The van der Waals surface area contributed by atoms with Crippen molar-refractivity contribution in [1.82, 2.24) is 20.2 Å². The highest BCUT2D eigenvalue weighted by molar-refractivity contribution is 7.17. The van der Waals surface area contributed by atoms with E-state index in [0.717, 1.165) is 30.6 Å². The van der Waals surface area contributed by atoms with Crippen LogP contribution in [0, 0.1) is 0 Å². The van der Waals surface area contributed by atoms with E-state index in [4.69, 9.17) is 0 Å². The van der Waals surface area contributed by atoms with Crippen molar-refractivity contribution < 1.29 is 23.5 Å². The Balaban J connectivity index is 1.74. The maximum atomic E-state index is 14.1. The number of carbonyl (C=O) groups excluding carboxylic acids is 2. The summed E-state index contributed by atoms with van der Waals surface area (Å²) in [6.07, 6.45) is 1.64. The first-order chi connectivity index (χ1) is 16.3. The lowest BCUT2D eigenvalue weighted by Gasteiger charge is -2.32. The number of aliphatic hydroxyl groups excluding tert-OH is 1. The van der Waals surface area contributed by atoms with Crippen LogP contribution < -0.4 is 10.6 Å². The fraction of sp³-hybridized carbons (Fsp3) is 0.565. The lowest BCUT2D eigenvalue weighted by molar-refractivity contribution is 0.0447. The number of carbonyl (C=O) groups is 2. The highest BCUT2D eigenvalue weighted by Crippen LogP contribution is 2.39. The zero-order chi connectivity index (χ0) is 24.4. The standard InChI is InChI=1S/C23H29F2N5O3S/c1-3-8-26-17-10-13(20(24)25)14(11-27-17)19-18(23(33)30-9-4-5-12(30)2)29-22(34-19)21(32)28-15-6-7-16(15)31/h10-12,15-16,20,31H,3-9H2,1-2H3,(H,26,27)(H,28,32)/t12-,15-,16+/m0/s1. The predicted octanol–water partition coefficient (Wildman–Crippen LogP) is 3.84. The molecule has 0 radical (unpaired) electrons. The number of amides is 2. The average molecular weight is 494 g/mol. The lowest BCUT2D eigenvalue weighted by Crippen LogP contribution is -2.50. The Morgan fingerprint density at radius 2 is 2.12 bits per heavy atom. The van der Waals surface area contributed by atoms with Crippen molar-refractivity contribution in [3.8, 4) is 10.4 Å². The van der Waals surface area contributed by atoms with Crippen LogP contribution in [0.3, 0.4) is 0 Å². The summed E-state index contributed by atoms with van der Waals surface area (Å²) in [4.78, 5) is 36.7. The number of aliphatic hydroxyl groups is 1. The van der Waals surface area contributed by atoms with Crippen molar-refractivity contribution in [2.45, 2.75) is 70.6 Å². The van der Waals surface area contributed by atoms with Gasteiger partial charge in [-0.1, -0.05) is 6.92 Å². The second kappa shape index (κ2) is 10.3. The first kappa shape index (κ1) is 24.5. The fourth-order valence-electron chi connectivity index (χ4n) is 4.19. The lowest BCUT2D eigenvalue weighted by atomic mass is 9.89. The van der Waals surface area contributed by atoms with Crippen molar-refractivity contribution in [2.75, 3.05) is 18.4 Å². The molecule has 0 aromatic carbocycles. The van der Waals surface area contributed by atoms with Gasteiger partial charge in [0, 0.05) is 36.5 Å². The molecule has 2 aromatic heterocycles. The normalized spacial score (nSPS) is 22.1. The molecular weight excluding hydrogens is 464 g/mol. The third-order valence-corrected chi connectivity index (χ3v) is 7.45. The minimum absolute atomic E-state index is 0.00207. The number of nitrogens with one attached hydrogen (secondary N) is 2. The second-order valence-corrected chi connectivity index (χ2v) is 9.79. The third kappa shape index (κ3) is 4.90. The molecule has 2 amide bonds. The van der Waals surface area contributed by atoms with Gasteiger partial charge in [0.1, 0.15) is 11.5 Å². The number of anilines is 1. The molecule has 2 aliphatic rings. The Hall–Kier alpha value is -2.66. The summed E-state index contributed by atoms with van der Waals surface area (Å²) in [6.45, 7) is 5.03. The van der Waals surface area contributed by atoms with Crippen LogP contribution in [0.25, 0.3) is 10.4 Å². The molecule has 11 heteroatoms. The van der Waals surface area contributed by atoms with Gasteiger partial charge in [0.05, 0.1) is 17.0 Å². The number of rotatable bonds is 8. The second-order valence-electron chi connectivity index (χ2n) is 8.80. The van der Waals surface area contributed by atoms with E-state index in [1.807, 2.05) is 13.8 Å². The van der Waals surface area contributed by atoms with Crippen LogP contribution >= 0.6 is 11.3 Å². The molecule has 184 valence electrons. The first-order valence-electron chi connectivity index (χ1n) is 11.6. The molecule has 3 atom stereocenters. The van der Waals surface area contributed by atoms with Crippen molar-refractivity contribution in [3.05, 3.63) is 28.5 Å². The Labute approximate surface area is 200 Å². The zero-order valence-corrected chi connectivity index (χ0v) is 20.0. The molecule has 0 bridgehead atoms. The summed E-state index contributed by atoms with van der Waals surface area (Å²) in [5, 5.41) is 15.5. The van der Waals surface area contributed by atoms with Gasteiger partial charge in [-0.15, -0.1) is 11.3 Å². The Morgan fingerprint density at radius 3 is 2.71 bits per heavy atom. The quantitative estimate of drug-likeness (QED) is 0.516. The molecule has 1 aliphatic carbocycles. The number of alkyl halides is 2. The molecule has 3 N–H and O–H groups in total. The molecule has 8 nitrogen and oxygen atoms in total. The maximum Gasteiger partial charge on any atom is 0.280 e. The molecule has 1 saturated carbocycles. The Kier molecular flexibility index (Phi) is 7.42. The van der Waals surface area contributed by atoms with Gasteiger partial charge in [-0.2, -0.15) is 0 Å². The Morgan fingerprint density at radius 1 is 1.32 bits per heavy atom. The number of hydrogen-bond acceptors (Lipinski definition) is 7. The molecule has 1 saturated heterocycles. The molecule has 0 spiro atoms. The molecule has 3 heterocycles. The van der Waals surface area contributed by atoms with E-state index in [-0.39, 0.29) is 44.7 Å². The van der Waals surface area contributed by atoms with Gasteiger partial charge < -0.3 is 20.6 Å². The van der Waals surface area contributed by atoms with E-state index in [0.29, 0.717) is 31.7 Å². The number of pyridine rings is 1. The summed E-state index contributed by atoms with van der Waals surface area (Å²) in [6, 6.07) is 0.907. The topological polar surface area (TPSA) is 107 Å². The number of halogens is 2. The number of nitrogens with zero attached hydrogens (tertiary/aromatic N) is 3. The number of thiazole rings is 1. The van der Waals surface area contributed by atoms with Crippen LogP contribution in [-0.4, -0.2) is 63.1 Å². The van der Waals surface area contributed by atoms with Crippen molar-refractivity contribution in [3.63, 3.8) is 0 Å². The van der Waals surface area contributed by atoms with Crippen LogP contribution in [0.5, 0.6) is 0 Å². The Bertz CT molecular complexity index is 1060. The van der Waals surface area contributed by atoms with E-state index < -0.39 is 18.4 Å². The van der Waals surface area contributed by atoms with Gasteiger partial charge in [0.15, 0.2) is 5.01 Å². The van der Waals surface area contributed by atoms with E-state index in [9.17, 15) is 23.5 Å². The monoisotopic (exact) mass is 493 g/mol. The van der Waals surface area contributed by atoms with E-state index in [2.05, 4.69) is 20.6 Å². The summed E-state index contributed by atoms with van der Waals surface area (Å²) in [5.74, 6) is -0.591. The molecule has 34 heavy (non-hydrogen) atoms. The minimum atomic E-state index is -2.81. The van der Waals surface area contributed by atoms with Crippen molar-refractivity contribution in [1.29, 1.82) is 0 Å². The predicted molar refractivity (Wildman–Crippen MR) is 125 cm³/mol. The molecule has 2 fully saturated rings. The van der Waals surface area contributed by atoms with Gasteiger partial charge in [0.25, 0.3) is 18.2 Å². The van der Waals surface area contributed by atoms with E-state index in [1.165, 1.54) is 12.3 Å². The van der Waals surface area contributed by atoms with Crippen molar-refractivity contribution in [2.24, 2.45) is 0 Å². The van der Waals surface area contributed by atoms with Gasteiger partial charge in [0.2, 0.25) is 0 Å². The van der Waals surface area contributed by atoms with Gasteiger partial charge >= 0.3 is 0 Å². The van der Waals surface area contributed by atoms with Gasteiger partial charge in [-0.3, -0.25) is 9.59 Å². The van der Waals surface area contributed by atoms with Crippen LogP contribution in [0.2, 0.25) is 0 Å². The fourth-order valence-corrected chi connectivity index (χ4v) is 5.18. The number of aromatic nitrogens is 2. The summed E-state index contributed by atoms with van der Waals surface area (Å²) < 4.78 is 28.1. The molecule has 2 aromatic rings. The SMILES string of the molecule is CCCNc1cc(C(F)F)c(-c2sc(C(=O)N[C@H]3CC[C@H]3O)nc2C(=O)N2CCC[C@@H]2C)cn1. The van der Waals surface area contributed by atoms with Gasteiger partial charge in [-0.05, 0) is 45.1 Å². The number of hydrogen-bond donors (Lipinski definition) is 3. The molecular formula is C23H29F2N5O3S. The molecule has 1 aliphatic heterocycles. The molecule has 4 rings (SSSR count). The van der Waals surface area contributed by atoms with Crippen LogP contribution in [0.1, 0.15) is 78.2 Å². The highest BCUT2D eigenvalue weighted by Gasteiger charge is 2.35. The van der Waals surface area contributed by atoms with Crippen LogP contribution in [-0.2, 0) is 0 Å². The highest BCUT2D eigenvalue weighted by atomic mass is 32.1. The zero-order valence-electron chi connectivity index (χ0n) is 19.2. The van der Waals surface area contributed by atoms with Crippen LogP contribution in [0.4, 0.5) is 14.6 Å².